The zero-order chi connectivity index (χ0) is 26.5. The number of carbonyl (C=O) groups excluding carboxylic acids is 3. The van der Waals surface area contributed by atoms with Crippen molar-refractivity contribution in [3.05, 3.63) is 93.9 Å². The number of thiophene rings is 1. The normalized spacial score (nSPS) is 12.5. The van der Waals surface area contributed by atoms with Crippen LogP contribution >= 0.6 is 11.3 Å². The minimum absolute atomic E-state index is 0.357. The summed E-state index contributed by atoms with van der Waals surface area (Å²) in [4.78, 5) is 38.3. The molecule has 0 radical (unpaired) electrons. The van der Waals surface area contributed by atoms with E-state index < -0.39 is 17.8 Å². The number of ether oxygens (including phenoxy) is 1. The quantitative estimate of drug-likeness (QED) is 0.126. The van der Waals surface area contributed by atoms with Gasteiger partial charge in [0.05, 0.1) is 17.3 Å². The third-order valence-corrected chi connectivity index (χ3v) is 7.40. The molecule has 4 aromatic rings. The van der Waals surface area contributed by atoms with Gasteiger partial charge in [0.2, 0.25) is 0 Å². The second kappa shape index (κ2) is 11.1. The van der Waals surface area contributed by atoms with Crippen LogP contribution in [0.1, 0.15) is 44.8 Å². The van der Waals surface area contributed by atoms with Gasteiger partial charge in [0.15, 0.2) is 0 Å². The summed E-state index contributed by atoms with van der Waals surface area (Å²) in [6.45, 7) is 0. The number of carbonyl (C=O) groups is 3. The predicted octanol–water partition coefficient (Wildman–Crippen LogP) is 4.96. The van der Waals surface area contributed by atoms with Crippen LogP contribution in [0.4, 0.5) is 5.00 Å². The van der Waals surface area contributed by atoms with Crippen molar-refractivity contribution in [3.8, 4) is 11.8 Å². The van der Waals surface area contributed by atoms with Crippen LogP contribution in [0.15, 0.2) is 71.8 Å². The van der Waals surface area contributed by atoms with E-state index in [-0.39, 0.29) is 0 Å². The molecular weight excluding hydrogens is 500 g/mol. The number of anilines is 1. The van der Waals surface area contributed by atoms with E-state index in [1.54, 1.807) is 30.3 Å². The monoisotopic (exact) mass is 522 g/mol. The van der Waals surface area contributed by atoms with Gasteiger partial charge in [0, 0.05) is 4.88 Å². The van der Waals surface area contributed by atoms with Gasteiger partial charge < -0.3 is 10.1 Å². The maximum absolute atomic E-state index is 12.7. The van der Waals surface area contributed by atoms with Gasteiger partial charge in [-0.05, 0) is 77.9 Å². The number of hydrogen-bond acceptors (Lipinski definition) is 7. The molecule has 0 unspecified atom stereocenters. The average Bonchev–Trinajstić information content (AvgIpc) is 3.30. The molecule has 9 heteroatoms. The second-order valence-electron chi connectivity index (χ2n) is 8.67. The number of nitrogens with zero attached hydrogens (tertiary/aromatic N) is 2. The fraction of sp³-hybridized carbons (Fsp3) is 0.138. The molecule has 1 heterocycles. The van der Waals surface area contributed by atoms with Crippen molar-refractivity contribution in [1.82, 2.24) is 5.43 Å². The Bertz CT molecular complexity index is 1610. The highest BCUT2D eigenvalue weighted by Gasteiger charge is 2.23. The molecule has 2 N–H and O–H groups in total. The van der Waals surface area contributed by atoms with Gasteiger partial charge in [-0.3, -0.25) is 9.59 Å². The molecule has 5 rings (SSSR count). The molecule has 2 amide bonds. The number of hydrogen-bond donors (Lipinski definition) is 2. The lowest BCUT2D eigenvalue weighted by molar-refractivity contribution is -0.136. The van der Waals surface area contributed by atoms with Crippen molar-refractivity contribution in [2.75, 3.05) is 5.32 Å². The Morgan fingerprint density at radius 1 is 0.947 bits per heavy atom. The first-order chi connectivity index (χ1) is 18.5. The summed E-state index contributed by atoms with van der Waals surface area (Å²) in [5, 5.41) is 18.0. The summed E-state index contributed by atoms with van der Waals surface area (Å²) in [6.07, 6.45) is 5.11. The summed E-state index contributed by atoms with van der Waals surface area (Å²) in [5.41, 5.74) is 4.70. The van der Waals surface area contributed by atoms with E-state index >= 15 is 0 Å². The number of amides is 2. The van der Waals surface area contributed by atoms with E-state index in [1.165, 1.54) is 17.6 Å². The van der Waals surface area contributed by atoms with Gasteiger partial charge >= 0.3 is 17.8 Å². The Hall–Kier alpha value is -4.81. The molecule has 0 aliphatic heterocycles. The van der Waals surface area contributed by atoms with E-state index in [0.29, 0.717) is 27.4 Å². The SMILES string of the molecule is N#Cc1c(NC(=O)C(=O)NN=Cc2ccc(OC(=O)c3cccc4ccccc34)cc2)sc2c1CCCC2. The number of hydrazone groups is 1. The third kappa shape index (κ3) is 5.31. The number of benzene rings is 3. The summed E-state index contributed by atoms with van der Waals surface area (Å²) >= 11 is 1.35. The van der Waals surface area contributed by atoms with Gasteiger partial charge in [0.25, 0.3) is 0 Å². The van der Waals surface area contributed by atoms with Crippen molar-refractivity contribution >= 4 is 51.1 Å². The summed E-state index contributed by atoms with van der Waals surface area (Å²) in [7, 11) is 0. The minimum Gasteiger partial charge on any atom is -0.423 e. The number of esters is 1. The van der Waals surface area contributed by atoms with Crippen molar-refractivity contribution in [2.45, 2.75) is 25.7 Å². The van der Waals surface area contributed by atoms with Gasteiger partial charge in [-0.1, -0.05) is 36.4 Å². The maximum atomic E-state index is 12.7. The van der Waals surface area contributed by atoms with E-state index in [2.05, 4.69) is 21.9 Å². The molecule has 0 saturated carbocycles. The lowest BCUT2D eigenvalue weighted by Crippen LogP contribution is -2.32. The molecule has 0 bridgehead atoms. The van der Waals surface area contributed by atoms with Gasteiger partial charge in [-0.15, -0.1) is 11.3 Å². The summed E-state index contributed by atoms with van der Waals surface area (Å²) < 4.78 is 5.52. The van der Waals surface area contributed by atoms with Crippen LogP contribution in [-0.2, 0) is 22.4 Å². The fourth-order valence-electron chi connectivity index (χ4n) is 4.34. The number of fused-ring (bicyclic) bond motifs is 2. The van der Waals surface area contributed by atoms with Crippen LogP contribution in [0.2, 0.25) is 0 Å². The van der Waals surface area contributed by atoms with E-state index in [1.807, 2.05) is 36.4 Å². The molecule has 0 saturated heterocycles. The van der Waals surface area contributed by atoms with E-state index in [0.717, 1.165) is 46.9 Å². The number of nitrogens with one attached hydrogen (secondary N) is 2. The Morgan fingerprint density at radius 3 is 2.53 bits per heavy atom. The van der Waals surface area contributed by atoms with E-state index in [9.17, 15) is 19.6 Å². The Balaban J connectivity index is 1.17. The number of rotatable bonds is 5. The van der Waals surface area contributed by atoms with Crippen LogP contribution in [0, 0.1) is 11.3 Å². The molecule has 0 spiro atoms. The van der Waals surface area contributed by atoms with Crippen LogP contribution < -0.4 is 15.5 Å². The molecule has 1 aromatic heterocycles. The highest BCUT2D eigenvalue weighted by molar-refractivity contribution is 7.16. The zero-order valence-electron chi connectivity index (χ0n) is 20.2. The first-order valence-electron chi connectivity index (χ1n) is 12.0. The van der Waals surface area contributed by atoms with Crippen molar-refractivity contribution in [1.29, 1.82) is 5.26 Å². The average molecular weight is 523 g/mol. The first kappa shape index (κ1) is 24.9. The van der Waals surface area contributed by atoms with Crippen molar-refractivity contribution < 1.29 is 19.1 Å². The molecule has 1 aliphatic carbocycles. The molecule has 0 fully saturated rings. The Labute approximate surface area is 222 Å². The Kier molecular flexibility index (Phi) is 7.24. The van der Waals surface area contributed by atoms with Crippen LogP contribution in [-0.4, -0.2) is 24.0 Å². The topological polar surface area (TPSA) is 121 Å². The van der Waals surface area contributed by atoms with Crippen molar-refractivity contribution in [2.24, 2.45) is 5.10 Å². The Morgan fingerprint density at radius 2 is 1.71 bits per heavy atom. The molecule has 1 aliphatic rings. The van der Waals surface area contributed by atoms with E-state index in [4.69, 9.17) is 4.74 Å². The van der Waals surface area contributed by atoms with Gasteiger partial charge in [-0.2, -0.15) is 10.4 Å². The lowest BCUT2D eigenvalue weighted by Gasteiger charge is -2.09. The fourth-order valence-corrected chi connectivity index (χ4v) is 5.57. The smallest absolute Gasteiger partial charge is 0.344 e. The lowest BCUT2D eigenvalue weighted by atomic mass is 9.96. The summed E-state index contributed by atoms with van der Waals surface area (Å²) in [5.74, 6) is -1.95. The standard InChI is InChI=1S/C29H22N4O4S/c30-16-24-22-9-3-4-11-25(22)38-28(24)32-26(34)27(35)33-31-17-18-12-14-20(15-13-18)37-29(36)23-10-5-7-19-6-1-2-8-21(19)23/h1-2,5-8,10,12-15,17H,3-4,9,11H2,(H,32,34)(H,33,35). The maximum Gasteiger partial charge on any atom is 0.344 e. The molecule has 3 aromatic carbocycles. The van der Waals surface area contributed by atoms with Crippen LogP contribution in [0.5, 0.6) is 5.75 Å². The molecule has 38 heavy (non-hydrogen) atoms. The van der Waals surface area contributed by atoms with Crippen molar-refractivity contribution in [3.63, 3.8) is 0 Å². The van der Waals surface area contributed by atoms with Crippen LogP contribution in [0.25, 0.3) is 10.8 Å². The highest BCUT2D eigenvalue weighted by Crippen LogP contribution is 2.37. The largest absolute Gasteiger partial charge is 0.423 e. The van der Waals surface area contributed by atoms with Crippen LogP contribution in [0.3, 0.4) is 0 Å². The minimum atomic E-state index is -0.947. The number of aryl methyl sites for hydroxylation is 1. The molecular formula is C29H22N4O4S. The molecule has 188 valence electrons. The molecule has 8 nitrogen and oxygen atoms in total. The molecule has 0 atom stereocenters. The van der Waals surface area contributed by atoms with Gasteiger partial charge in [0.1, 0.15) is 16.8 Å². The van der Waals surface area contributed by atoms with Gasteiger partial charge in [-0.25, -0.2) is 10.2 Å². The number of nitriles is 1. The highest BCUT2D eigenvalue weighted by atomic mass is 32.1. The predicted molar refractivity (Wildman–Crippen MR) is 145 cm³/mol. The summed E-state index contributed by atoms with van der Waals surface area (Å²) in [6, 6.07) is 21.7. The zero-order valence-corrected chi connectivity index (χ0v) is 21.0. The first-order valence-corrected chi connectivity index (χ1v) is 12.8. The third-order valence-electron chi connectivity index (χ3n) is 6.20. The second-order valence-corrected chi connectivity index (χ2v) is 9.77.